The Balaban J connectivity index is 1.55. The molecule has 0 heterocycles. The number of benzene rings is 9. The maximum Gasteiger partial charge on any atom is 0.0636 e. The van der Waals surface area contributed by atoms with Gasteiger partial charge in [-0.2, -0.15) is 0 Å². The second-order valence-electron chi connectivity index (χ2n) is 10.1. The van der Waals surface area contributed by atoms with Crippen molar-refractivity contribution in [1.82, 2.24) is 0 Å². The van der Waals surface area contributed by atoms with Gasteiger partial charge >= 0.3 is 0 Å². The van der Waals surface area contributed by atoms with Gasteiger partial charge in [0.2, 0.25) is 0 Å². The lowest BCUT2D eigenvalue weighted by molar-refractivity contribution is 1.62. The SMILES string of the molecule is [2H]c1c([2H])c([2H])c(-c2c([2H])c([2H])c3c(-c4ccc(-c5c([2H])c([2H])c6c([2H])c([2H])c([2H])c([2H])c6c5[2H])cc4)c4c([2H])c([2H])c([2H])c([2H])c4c(-c4c([2H])c([2H])c([2H])c5c([2H])c([2H])c([2H])c([2H])c45)c3c2[2H])c([2H])c1[2H]. The minimum atomic E-state index is -0.929. The zero-order valence-electron chi connectivity index (χ0n) is 49.3. The topological polar surface area (TPSA) is 0 Å². The number of hydrogen-bond acceptors (Lipinski definition) is 0. The Bertz CT molecular complexity index is 3990. The molecular formula is C46H30. The van der Waals surface area contributed by atoms with E-state index in [1.807, 2.05) is 0 Å². The van der Waals surface area contributed by atoms with E-state index in [1.54, 1.807) is 0 Å². The molecule has 0 spiro atoms. The van der Waals surface area contributed by atoms with Crippen LogP contribution in [0.1, 0.15) is 35.6 Å². The van der Waals surface area contributed by atoms with Crippen molar-refractivity contribution in [2.24, 2.45) is 0 Å². The molecule has 9 rings (SSSR count). The van der Waals surface area contributed by atoms with Gasteiger partial charge in [0.1, 0.15) is 0 Å². The summed E-state index contributed by atoms with van der Waals surface area (Å²) in [7, 11) is 0. The monoisotopic (exact) mass is 608 g/mol. The summed E-state index contributed by atoms with van der Waals surface area (Å²) in [6.45, 7) is 0. The van der Waals surface area contributed by atoms with E-state index in [0.717, 1.165) is 0 Å². The van der Waals surface area contributed by atoms with E-state index in [2.05, 4.69) is 0 Å². The number of hydrogen-bond donors (Lipinski definition) is 0. The Labute approximate surface area is 305 Å². The summed E-state index contributed by atoms with van der Waals surface area (Å²) in [5.74, 6) is 0. The first-order valence-electron chi connectivity index (χ1n) is 26.8. The summed E-state index contributed by atoms with van der Waals surface area (Å²) >= 11 is 0. The lowest BCUT2D eigenvalue weighted by Crippen LogP contribution is -1.92. The molecule has 0 aliphatic carbocycles. The largest absolute Gasteiger partial charge is 0.0636 e. The van der Waals surface area contributed by atoms with Gasteiger partial charge < -0.3 is 0 Å². The molecule has 0 fully saturated rings. The van der Waals surface area contributed by atoms with Crippen molar-refractivity contribution in [3.63, 3.8) is 0 Å². The molecule has 0 saturated heterocycles. The molecule has 46 heavy (non-hydrogen) atoms. The van der Waals surface area contributed by atoms with Crippen LogP contribution in [0.2, 0.25) is 0 Å². The van der Waals surface area contributed by atoms with Crippen LogP contribution in [0.4, 0.5) is 0 Å². The number of rotatable bonds is 4. The summed E-state index contributed by atoms with van der Waals surface area (Å²) in [6.07, 6.45) is 0. The predicted octanol–water partition coefficient (Wildman–Crippen LogP) is 13.0. The summed E-state index contributed by atoms with van der Waals surface area (Å²) in [6, 6.07) is -15.7. The summed E-state index contributed by atoms with van der Waals surface area (Å²) < 4.78 is 231. The second kappa shape index (κ2) is 10.9. The lowest BCUT2D eigenvalue weighted by Gasteiger charge is -2.20. The van der Waals surface area contributed by atoms with Crippen molar-refractivity contribution in [3.05, 3.63) is 181 Å². The van der Waals surface area contributed by atoms with Crippen molar-refractivity contribution in [2.75, 3.05) is 0 Å². The van der Waals surface area contributed by atoms with Crippen LogP contribution in [0.15, 0.2) is 181 Å². The van der Waals surface area contributed by atoms with Gasteiger partial charge in [0.05, 0.1) is 35.6 Å². The highest BCUT2D eigenvalue weighted by molar-refractivity contribution is 6.24. The molecule has 0 unspecified atom stereocenters. The summed E-state index contributed by atoms with van der Waals surface area (Å²) in [4.78, 5) is 0. The third-order valence-corrected chi connectivity index (χ3v) is 7.52. The van der Waals surface area contributed by atoms with Crippen LogP contribution in [-0.4, -0.2) is 0 Å². The van der Waals surface area contributed by atoms with Crippen molar-refractivity contribution >= 4 is 43.1 Å². The third-order valence-electron chi connectivity index (χ3n) is 7.52. The van der Waals surface area contributed by atoms with Gasteiger partial charge in [0.25, 0.3) is 0 Å². The van der Waals surface area contributed by atoms with Crippen molar-refractivity contribution in [2.45, 2.75) is 0 Å². The van der Waals surface area contributed by atoms with E-state index in [1.165, 1.54) is 24.3 Å². The Morgan fingerprint density at radius 1 is 0.283 bits per heavy atom. The van der Waals surface area contributed by atoms with Crippen LogP contribution in [0, 0.1) is 0 Å². The second-order valence-corrected chi connectivity index (χ2v) is 10.1. The van der Waals surface area contributed by atoms with E-state index in [9.17, 15) is 8.22 Å². The smallest absolute Gasteiger partial charge is 0.0622 e. The van der Waals surface area contributed by atoms with Crippen LogP contribution in [0.25, 0.3) is 87.6 Å². The van der Waals surface area contributed by atoms with Crippen LogP contribution in [0.5, 0.6) is 0 Å². The van der Waals surface area contributed by atoms with Gasteiger partial charge in [0.15, 0.2) is 0 Å². The third kappa shape index (κ3) is 4.38. The molecule has 0 nitrogen and oxygen atoms in total. The first kappa shape index (κ1) is 11.1. The molecule has 0 amide bonds. The quantitative estimate of drug-likeness (QED) is 0.174. The Morgan fingerprint density at radius 2 is 0.848 bits per heavy atom. The molecular weight excluding hydrogens is 553 g/mol. The molecule has 0 N–H and O–H groups in total. The van der Waals surface area contributed by atoms with Gasteiger partial charge in [-0.05, 0) is 99.7 Å². The Kier molecular flexibility index (Phi) is 2.63. The Hall–Kier alpha value is -5.98. The fourth-order valence-electron chi connectivity index (χ4n) is 5.49. The molecule has 0 heteroatoms. The van der Waals surface area contributed by atoms with Gasteiger partial charge in [-0.15, -0.1) is 0 Å². The molecule has 0 aliphatic rings. The predicted molar refractivity (Wildman–Crippen MR) is 198 cm³/mol. The average molecular weight is 609 g/mol. The standard InChI is InChI=1S/C46H30/c1-2-11-31(12-3-1)38-27-28-43-44(30-38)46(40-20-10-16-34-14-6-7-17-39(34)40)42-19-9-8-18-41(42)45(43)35-24-21-33(22-25-35)37-26-23-32-13-4-5-15-36(32)29-37/h1-30H/i1D,2D,3D,4D,5D,6D,7D,8D,9D,10D,11D,12D,13D,14D,15D,16D,17D,18D,19D,20D,23D,26D,27D,28D,29D,30D. The molecule has 0 aromatic heterocycles. The lowest BCUT2D eigenvalue weighted by atomic mass is 9.83. The highest BCUT2D eigenvalue weighted by Gasteiger charge is 2.19. The molecule has 0 bridgehead atoms. The zero-order chi connectivity index (χ0) is 53.1. The molecule has 9 aromatic carbocycles. The normalized spacial score (nSPS) is 19.4. The molecule has 0 atom stereocenters. The van der Waals surface area contributed by atoms with Crippen LogP contribution in [0.3, 0.4) is 0 Å². The maximum absolute atomic E-state index is 9.99. The van der Waals surface area contributed by atoms with E-state index in [-0.39, 0.29) is 33.0 Å². The van der Waals surface area contributed by atoms with Crippen molar-refractivity contribution in [1.29, 1.82) is 0 Å². The molecule has 0 saturated carbocycles. The van der Waals surface area contributed by atoms with Gasteiger partial charge in [-0.25, -0.2) is 0 Å². The fourth-order valence-corrected chi connectivity index (χ4v) is 5.49. The highest BCUT2D eigenvalue weighted by atomic mass is 14.2. The summed E-state index contributed by atoms with van der Waals surface area (Å²) in [5.41, 5.74) is -3.30. The van der Waals surface area contributed by atoms with Gasteiger partial charge in [-0.3, -0.25) is 0 Å². The van der Waals surface area contributed by atoms with Crippen LogP contribution < -0.4 is 0 Å². The maximum atomic E-state index is 9.99. The first-order valence-corrected chi connectivity index (χ1v) is 13.8. The van der Waals surface area contributed by atoms with Gasteiger partial charge in [0, 0.05) is 0 Å². The zero-order valence-corrected chi connectivity index (χ0v) is 23.3. The highest BCUT2D eigenvalue weighted by Crippen LogP contribution is 2.46. The van der Waals surface area contributed by atoms with Gasteiger partial charge in [-0.1, -0.05) is 169 Å². The van der Waals surface area contributed by atoms with E-state index >= 15 is 0 Å². The van der Waals surface area contributed by atoms with Crippen LogP contribution in [-0.2, 0) is 0 Å². The van der Waals surface area contributed by atoms with E-state index < -0.39 is 212 Å². The molecule has 0 aliphatic heterocycles. The molecule has 214 valence electrons. The Morgan fingerprint density at radius 3 is 1.65 bits per heavy atom. The van der Waals surface area contributed by atoms with E-state index in [0.29, 0.717) is 0 Å². The minimum Gasteiger partial charge on any atom is -0.0622 e. The fraction of sp³-hybridized carbons (Fsp3) is 0. The molecule has 9 aromatic rings. The van der Waals surface area contributed by atoms with Crippen molar-refractivity contribution < 1.29 is 35.6 Å². The van der Waals surface area contributed by atoms with E-state index in [4.69, 9.17) is 27.4 Å². The average Bonchev–Trinajstić information content (AvgIpc) is 3.35. The summed E-state index contributed by atoms with van der Waals surface area (Å²) in [5, 5.41) is -4.00. The molecule has 0 radical (unpaired) electrons. The number of fused-ring (bicyclic) bond motifs is 4. The minimum absolute atomic E-state index is 0.0403. The van der Waals surface area contributed by atoms with Crippen LogP contribution >= 0.6 is 0 Å². The van der Waals surface area contributed by atoms with Crippen molar-refractivity contribution in [3.8, 4) is 44.5 Å². The first-order chi connectivity index (χ1) is 33.6.